The Morgan fingerprint density at radius 2 is 2.19 bits per heavy atom. The molecule has 0 amide bonds. The summed E-state index contributed by atoms with van der Waals surface area (Å²) in [5.74, 6) is -3.18. The maximum absolute atomic E-state index is 10.6. The predicted octanol–water partition coefficient (Wildman–Crippen LogP) is -2.47. The fourth-order valence-corrected chi connectivity index (χ4v) is 2.55. The molecule has 1 saturated heterocycles. The Bertz CT molecular complexity index is 261. The molecule has 94 valence electrons. The van der Waals surface area contributed by atoms with Gasteiger partial charge in [0.05, 0.1) is 12.0 Å². The highest BCUT2D eigenvalue weighted by molar-refractivity contribution is 8.00. The van der Waals surface area contributed by atoms with Gasteiger partial charge in [0.15, 0.2) is 0 Å². The number of carbonyl (C=O) groups is 1. The highest BCUT2D eigenvalue weighted by Gasteiger charge is 2.37. The molecule has 8 heteroatoms. The van der Waals surface area contributed by atoms with Crippen molar-refractivity contribution in [2.75, 3.05) is 12.4 Å². The third-order valence-electron chi connectivity index (χ3n) is 2.35. The first-order chi connectivity index (χ1) is 7.36. The van der Waals surface area contributed by atoms with E-state index in [9.17, 15) is 9.90 Å². The summed E-state index contributed by atoms with van der Waals surface area (Å²) >= 11 is 1.28. The summed E-state index contributed by atoms with van der Waals surface area (Å²) in [7, 11) is 0. The van der Waals surface area contributed by atoms with Gasteiger partial charge in [-0.1, -0.05) is 0 Å². The molecule has 3 atom stereocenters. The lowest BCUT2D eigenvalue weighted by Crippen LogP contribution is -2.48. The van der Waals surface area contributed by atoms with Crippen LogP contribution in [0.3, 0.4) is 0 Å². The second-order valence-corrected chi connectivity index (χ2v) is 4.90. The zero-order valence-electron chi connectivity index (χ0n) is 8.41. The molecular formula is C8H15NO6S. The van der Waals surface area contributed by atoms with Gasteiger partial charge in [-0.3, -0.25) is 10.1 Å². The average Bonchev–Trinajstić information content (AvgIpc) is 2.66. The Kier molecular flexibility index (Phi) is 4.53. The fourth-order valence-electron chi connectivity index (χ4n) is 1.31. The van der Waals surface area contributed by atoms with Crippen molar-refractivity contribution in [1.29, 1.82) is 0 Å². The van der Waals surface area contributed by atoms with Gasteiger partial charge in [-0.15, -0.1) is 11.8 Å². The van der Waals surface area contributed by atoms with Crippen LogP contribution in [-0.2, 0) is 4.79 Å². The largest absolute Gasteiger partial charge is 0.480 e. The first-order valence-corrected chi connectivity index (χ1v) is 5.76. The van der Waals surface area contributed by atoms with Crippen molar-refractivity contribution in [3.05, 3.63) is 0 Å². The molecule has 0 spiro atoms. The van der Waals surface area contributed by atoms with Crippen molar-refractivity contribution in [2.45, 2.75) is 29.7 Å². The molecule has 0 aromatic carbocycles. The van der Waals surface area contributed by atoms with Gasteiger partial charge >= 0.3 is 5.97 Å². The minimum atomic E-state index is -2.55. The van der Waals surface area contributed by atoms with E-state index in [1.165, 1.54) is 11.8 Å². The lowest BCUT2D eigenvalue weighted by molar-refractivity contribution is -0.244. The molecule has 1 aliphatic rings. The Hall–Kier alpha value is -0.380. The maximum atomic E-state index is 10.6. The van der Waals surface area contributed by atoms with Gasteiger partial charge in [0, 0.05) is 12.2 Å². The van der Waals surface area contributed by atoms with E-state index in [-0.39, 0.29) is 11.8 Å². The summed E-state index contributed by atoms with van der Waals surface area (Å²) in [5.41, 5.74) is 0. The van der Waals surface area contributed by atoms with Crippen LogP contribution in [0.15, 0.2) is 0 Å². The van der Waals surface area contributed by atoms with Gasteiger partial charge in [0.25, 0.3) is 0 Å². The molecule has 0 aromatic rings. The van der Waals surface area contributed by atoms with E-state index in [4.69, 9.17) is 20.4 Å². The van der Waals surface area contributed by atoms with Crippen LogP contribution in [-0.4, -0.2) is 67.2 Å². The van der Waals surface area contributed by atoms with Crippen LogP contribution in [0, 0.1) is 0 Å². The number of hydrogen-bond acceptors (Lipinski definition) is 7. The lowest BCUT2D eigenvalue weighted by atomic mass is 10.1. The summed E-state index contributed by atoms with van der Waals surface area (Å²) in [4.78, 5) is 10.6. The Labute approximate surface area is 96.1 Å². The Morgan fingerprint density at radius 1 is 1.56 bits per heavy atom. The van der Waals surface area contributed by atoms with E-state index >= 15 is 0 Å². The first kappa shape index (κ1) is 13.7. The van der Waals surface area contributed by atoms with Gasteiger partial charge in [0.2, 0.25) is 5.79 Å². The van der Waals surface area contributed by atoms with Crippen molar-refractivity contribution in [2.24, 2.45) is 0 Å². The summed E-state index contributed by atoms with van der Waals surface area (Å²) in [6.07, 6.45) is -1.59. The normalized spacial score (nSPS) is 28.0. The summed E-state index contributed by atoms with van der Waals surface area (Å²) in [5, 5.41) is 47.3. The van der Waals surface area contributed by atoms with Crippen LogP contribution >= 0.6 is 11.8 Å². The van der Waals surface area contributed by atoms with Crippen molar-refractivity contribution in [3.8, 4) is 0 Å². The van der Waals surface area contributed by atoms with Crippen LogP contribution in [0.25, 0.3) is 0 Å². The number of rotatable bonds is 5. The summed E-state index contributed by atoms with van der Waals surface area (Å²) in [6.45, 7) is -0.978. The predicted molar refractivity (Wildman–Crippen MR) is 55.7 cm³/mol. The fraction of sp³-hybridized carbons (Fsp3) is 0.875. The van der Waals surface area contributed by atoms with Crippen molar-refractivity contribution in [1.82, 2.24) is 5.32 Å². The molecule has 1 aliphatic heterocycles. The zero-order valence-corrected chi connectivity index (χ0v) is 9.22. The molecule has 0 radical (unpaired) electrons. The van der Waals surface area contributed by atoms with Crippen LogP contribution in [0.2, 0.25) is 0 Å². The van der Waals surface area contributed by atoms with E-state index in [2.05, 4.69) is 5.32 Å². The lowest BCUT2D eigenvalue weighted by Gasteiger charge is -2.27. The van der Waals surface area contributed by atoms with E-state index in [0.717, 1.165) is 0 Å². The number of thioether (sulfide) groups is 1. The van der Waals surface area contributed by atoms with Crippen molar-refractivity contribution in [3.63, 3.8) is 0 Å². The molecule has 6 N–H and O–H groups in total. The maximum Gasteiger partial charge on any atom is 0.321 e. The molecule has 0 bridgehead atoms. The van der Waals surface area contributed by atoms with Crippen LogP contribution < -0.4 is 5.32 Å². The van der Waals surface area contributed by atoms with Crippen molar-refractivity contribution >= 4 is 17.7 Å². The Balaban J connectivity index is 2.42. The molecule has 1 rings (SSSR count). The molecule has 0 aromatic heterocycles. The molecule has 0 saturated carbocycles. The van der Waals surface area contributed by atoms with Crippen LogP contribution in [0.1, 0.15) is 6.42 Å². The second kappa shape index (κ2) is 5.30. The average molecular weight is 253 g/mol. The van der Waals surface area contributed by atoms with Crippen molar-refractivity contribution < 1.29 is 30.3 Å². The Morgan fingerprint density at radius 3 is 2.62 bits per heavy atom. The van der Waals surface area contributed by atoms with E-state index in [1.807, 2.05) is 0 Å². The minimum Gasteiger partial charge on any atom is -0.480 e. The molecule has 0 aliphatic carbocycles. The number of aliphatic hydroxyl groups is 4. The molecule has 2 unspecified atom stereocenters. The minimum absolute atomic E-state index is 0.0536. The van der Waals surface area contributed by atoms with E-state index in [1.54, 1.807) is 0 Å². The molecule has 16 heavy (non-hydrogen) atoms. The second-order valence-electron chi connectivity index (χ2n) is 3.67. The molecule has 1 fully saturated rings. The third-order valence-corrected chi connectivity index (χ3v) is 3.61. The quantitative estimate of drug-likeness (QED) is 0.297. The van der Waals surface area contributed by atoms with Gasteiger partial charge in [-0.2, -0.15) is 0 Å². The van der Waals surface area contributed by atoms with Gasteiger partial charge in [0.1, 0.15) is 12.1 Å². The number of nitrogens with one attached hydrogen (secondary N) is 1. The van der Waals surface area contributed by atoms with Gasteiger partial charge < -0.3 is 25.5 Å². The number of carboxylic acids is 1. The zero-order chi connectivity index (χ0) is 12.3. The molecule has 1 heterocycles. The SMILES string of the molecule is O=C(O)[C@@H]1CSC(CC(O)C(O)(O)CO)N1. The number of aliphatic hydroxyl groups excluding tert-OH is 2. The number of carboxylic acid groups (broad SMARTS) is 1. The summed E-state index contributed by atoms with van der Waals surface area (Å²) in [6, 6.07) is -0.692. The van der Waals surface area contributed by atoms with Crippen LogP contribution in [0.4, 0.5) is 0 Å². The third kappa shape index (κ3) is 3.30. The highest BCUT2D eigenvalue weighted by atomic mass is 32.2. The monoisotopic (exact) mass is 253 g/mol. The van der Waals surface area contributed by atoms with Gasteiger partial charge in [-0.05, 0) is 0 Å². The highest BCUT2D eigenvalue weighted by Crippen LogP contribution is 2.25. The first-order valence-electron chi connectivity index (χ1n) is 4.71. The van der Waals surface area contributed by atoms with E-state index in [0.29, 0.717) is 5.75 Å². The molecule has 7 nitrogen and oxygen atoms in total. The summed E-state index contributed by atoms with van der Waals surface area (Å²) < 4.78 is 0. The smallest absolute Gasteiger partial charge is 0.321 e. The topological polar surface area (TPSA) is 130 Å². The van der Waals surface area contributed by atoms with E-state index < -0.39 is 30.5 Å². The van der Waals surface area contributed by atoms with Crippen LogP contribution in [0.5, 0.6) is 0 Å². The van der Waals surface area contributed by atoms with Gasteiger partial charge in [-0.25, -0.2) is 0 Å². The number of aliphatic carboxylic acids is 1. The standard InChI is InChI=1S/C8H15NO6S/c10-3-8(14,15)5(11)1-6-9-4(2-16-6)7(12)13/h4-6,9-11,14-15H,1-3H2,(H,12,13)/t4-,5?,6?/m0/s1. The number of hydrogen-bond donors (Lipinski definition) is 6. The molecular weight excluding hydrogens is 238 g/mol.